The van der Waals surface area contributed by atoms with E-state index in [4.69, 9.17) is 5.26 Å². The quantitative estimate of drug-likeness (QED) is 0.363. The fraction of sp³-hybridized carbons (Fsp3) is 0.333. The largest absolute Gasteiger partial charge is 0.464 e. The van der Waals surface area contributed by atoms with Crippen molar-refractivity contribution in [3.8, 4) is 6.07 Å². The third kappa shape index (κ3) is 3.23. The van der Waals surface area contributed by atoms with Crippen LogP contribution in [0.1, 0.15) is 12.8 Å². The summed E-state index contributed by atoms with van der Waals surface area (Å²) in [5.41, 5.74) is -0.0260. The van der Waals surface area contributed by atoms with Crippen molar-refractivity contribution in [2.24, 2.45) is 0 Å². The van der Waals surface area contributed by atoms with E-state index in [-0.39, 0.29) is 25.0 Å². The van der Waals surface area contributed by atoms with E-state index in [2.05, 4.69) is 9.47 Å². The van der Waals surface area contributed by atoms with Crippen LogP contribution >= 0.6 is 0 Å². The minimum Gasteiger partial charge on any atom is -0.464 e. The van der Waals surface area contributed by atoms with Gasteiger partial charge in [0.1, 0.15) is 6.61 Å². The first-order valence-electron chi connectivity index (χ1n) is 4.13. The molecule has 0 fully saturated rings. The summed E-state index contributed by atoms with van der Waals surface area (Å²) in [5.74, 6) is -2.26. The van der Waals surface area contributed by atoms with Gasteiger partial charge in [0.2, 0.25) is 0 Å². The molecule has 1 heterocycles. The number of hydrogen-bond donors (Lipinski definition) is 0. The summed E-state index contributed by atoms with van der Waals surface area (Å²) < 4.78 is 8.78. The molecule has 0 bridgehead atoms. The summed E-state index contributed by atoms with van der Waals surface area (Å²) in [6.45, 7) is -0.0222. The molecule has 0 saturated heterocycles. The molecule has 6 heteroatoms. The van der Waals surface area contributed by atoms with Crippen molar-refractivity contribution < 1.29 is 23.9 Å². The van der Waals surface area contributed by atoms with Gasteiger partial charge in [-0.3, -0.25) is 4.79 Å². The van der Waals surface area contributed by atoms with Crippen molar-refractivity contribution in [3.63, 3.8) is 0 Å². The van der Waals surface area contributed by atoms with E-state index in [1.54, 1.807) is 6.07 Å². The van der Waals surface area contributed by atoms with Crippen LogP contribution in [0.5, 0.6) is 0 Å². The van der Waals surface area contributed by atoms with Gasteiger partial charge in [0, 0.05) is 6.08 Å². The number of carbonyl (C=O) groups is 3. The highest BCUT2D eigenvalue weighted by Gasteiger charge is 2.25. The van der Waals surface area contributed by atoms with Crippen LogP contribution in [0.2, 0.25) is 0 Å². The molecule has 0 unspecified atom stereocenters. The Hall–Kier alpha value is -2.16. The third-order valence-corrected chi connectivity index (χ3v) is 1.56. The Kier molecular flexibility index (Phi) is 3.57. The Labute approximate surface area is 85.1 Å². The SMILES string of the molecule is N#CCCOC(=O)CC1=CC(=O)OC1=O. The molecule has 0 radical (unpaired) electrons. The first-order valence-corrected chi connectivity index (χ1v) is 4.13. The fourth-order valence-corrected chi connectivity index (χ4v) is 0.928. The van der Waals surface area contributed by atoms with E-state index in [1.165, 1.54) is 0 Å². The normalized spacial score (nSPS) is 14.2. The van der Waals surface area contributed by atoms with Crippen molar-refractivity contribution >= 4 is 17.9 Å². The number of esters is 3. The Bertz CT molecular complexity index is 376. The molecule has 6 nitrogen and oxygen atoms in total. The molecule has 0 amide bonds. The van der Waals surface area contributed by atoms with Gasteiger partial charge in [-0.15, -0.1) is 0 Å². The zero-order valence-electron chi connectivity index (χ0n) is 7.69. The van der Waals surface area contributed by atoms with Gasteiger partial charge in [-0.25, -0.2) is 9.59 Å². The maximum Gasteiger partial charge on any atom is 0.342 e. The summed E-state index contributed by atoms with van der Waals surface area (Å²) in [5, 5.41) is 8.17. The molecule has 0 aromatic heterocycles. The number of hydrogen-bond acceptors (Lipinski definition) is 6. The highest BCUT2D eigenvalue weighted by Crippen LogP contribution is 2.12. The number of nitrogens with zero attached hydrogens (tertiary/aromatic N) is 1. The highest BCUT2D eigenvalue weighted by molar-refractivity contribution is 6.10. The van der Waals surface area contributed by atoms with Crippen LogP contribution in [0.3, 0.4) is 0 Å². The van der Waals surface area contributed by atoms with Crippen LogP contribution in [0.25, 0.3) is 0 Å². The van der Waals surface area contributed by atoms with Crippen molar-refractivity contribution in [3.05, 3.63) is 11.6 Å². The first-order chi connectivity index (χ1) is 7.13. The second kappa shape index (κ2) is 4.91. The number of carbonyl (C=O) groups excluding carboxylic acids is 3. The average Bonchev–Trinajstić information content (AvgIpc) is 2.45. The molecular formula is C9H7NO5. The summed E-state index contributed by atoms with van der Waals surface area (Å²) in [4.78, 5) is 32.5. The van der Waals surface area contributed by atoms with Gasteiger partial charge in [0.15, 0.2) is 0 Å². The minimum absolute atomic E-state index is 0.0222. The average molecular weight is 209 g/mol. The molecule has 15 heavy (non-hydrogen) atoms. The molecule has 1 aliphatic rings. The van der Waals surface area contributed by atoms with E-state index in [1.807, 2.05) is 0 Å². The Morgan fingerprint density at radius 1 is 1.53 bits per heavy atom. The maximum atomic E-state index is 11.0. The molecule has 0 N–H and O–H groups in total. The lowest BCUT2D eigenvalue weighted by Gasteiger charge is -2.00. The van der Waals surface area contributed by atoms with Crippen LogP contribution in [-0.2, 0) is 23.9 Å². The standard InChI is InChI=1S/C9H7NO5/c10-2-1-3-14-7(11)4-6-5-8(12)15-9(6)13/h5H,1,3-4H2. The summed E-state index contributed by atoms with van der Waals surface area (Å²) >= 11 is 0. The molecule has 0 spiro atoms. The fourth-order valence-electron chi connectivity index (χ4n) is 0.928. The molecule has 0 atom stereocenters. The Morgan fingerprint density at radius 3 is 2.80 bits per heavy atom. The van der Waals surface area contributed by atoms with Crippen molar-refractivity contribution in [2.45, 2.75) is 12.8 Å². The van der Waals surface area contributed by atoms with Gasteiger partial charge in [0.05, 0.1) is 24.5 Å². The van der Waals surface area contributed by atoms with Gasteiger partial charge >= 0.3 is 17.9 Å². The van der Waals surface area contributed by atoms with E-state index in [0.29, 0.717) is 0 Å². The summed E-state index contributed by atoms with van der Waals surface area (Å²) in [6.07, 6.45) is 0.734. The van der Waals surface area contributed by atoms with Crippen LogP contribution in [0.4, 0.5) is 0 Å². The lowest BCUT2D eigenvalue weighted by atomic mass is 10.2. The monoisotopic (exact) mass is 209 g/mol. The molecule has 1 rings (SSSR count). The predicted octanol–water partition coefficient (Wildman–Crippen LogP) is -0.157. The van der Waals surface area contributed by atoms with E-state index in [0.717, 1.165) is 6.08 Å². The van der Waals surface area contributed by atoms with Gasteiger partial charge in [0.25, 0.3) is 0 Å². The molecule has 0 saturated carbocycles. The second-order valence-electron chi connectivity index (χ2n) is 2.68. The lowest BCUT2D eigenvalue weighted by Crippen LogP contribution is -2.10. The number of rotatable bonds is 4. The Balaban J connectivity index is 2.39. The third-order valence-electron chi connectivity index (χ3n) is 1.56. The summed E-state index contributed by atoms with van der Waals surface area (Å²) in [7, 11) is 0. The van der Waals surface area contributed by atoms with Gasteiger partial charge in [-0.05, 0) is 0 Å². The lowest BCUT2D eigenvalue weighted by molar-refractivity contribution is -0.152. The minimum atomic E-state index is -0.822. The topological polar surface area (TPSA) is 93.5 Å². The zero-order chi connectivity index (χ0) is 11.3. The first kappa shape index (κ1) is 10.9. The molecule has 0 aromatic carbocycles. The van der Waals surface area contributed by atoms with E-state index >= 15 is 0 Å². The maximum absolute atomic E-state index is 11.0. The number of ether oxygens (including phenoxy) is 2. The molecule has 1 aliphatic heterocycles. The zero-order valence-corrected chi connectivity index (χ0v) is 7.69. The smallest absolute Gasteiger partial charge is 0.342 e. The second-order valence-corrected chi connectivity index (χ2v) is 2.68. The van der Waals surface area contributed by atoms with Crippen molar-refractivity contribution in [2.75, 3.05) is 6.61 Å². The van der Waals surface area contributed by atoms with Crippen molar-refractivity contribution in [1.82, 2.24) is 0 Å². The number of cyclic esters (lactones) is 2. The Morgan fingerprint density at radius 2 is 2.27 bits per heavy atom. The molecular weight excluding hydrogens is 202 g/mol. The predicted molar refractivity (Wildman–Crippen MR) is 45.0 cm³/mol. The van der Waals surface area contributed by atoms with E-state index < -0.39 is 17.9 Å². The van der Waals surface area contributed by atoms with Crippen molar-refractivity contribution in [1.29, 1.82) is 5.26 Å². The molecule has 78 valence electrons. The number of nitriles is 1. The van der Waals surface area contributed by atoms with Gasteiger partial charge in [-0.2, -0.15) is 5.26 Å². The molecule has 0 aromatic rings. The van der Waals surface area contributed by atoms with Crippen LogP contribution < -0.4 is 0 Å². The van der Waals surface area contributed by atoms with Crippen LogP contribution in [-0.4, -0.2) is 24.5 Å². The van der Waals surface area contributed by atoms with Gasteiger partial charge < -0.3 is 9.47 Å². The molecule has 0 aliphatic carbocycles. The van der Waals surface area contributed by atoms with Gasteiger partial charge in [-0.1, -0.05) is 0 Å². The van der Waals surface area contributed by atoms with E-state index in [9.17, 15) is 14.4 Å². The van der Waals surface area contributed by atoms with Crippen LogP contribution in [0.15, 0.2) is 11.6 Å². The summed E-state index contributed by atoms with van der Waals surface area (Å²) in [6, 6.07) is 1.79. The van der Waals surface area contributed by atoms with Crippen LogP contribution in [0, 0.1) is 11.3 Å². The highest BCUT2D eigenvalue weighted by atomic mass is 16.6.